The van der Waals surface area contributed by atoms with Crippen LogP contribution >= 0.6 is 0 Å². The van der Waals surface area contributed by atoms with Gasteiger partial charge in [-0.25, -0.2) is 0 Å². The quantitative estimate of drug-likeness (QED) is 0.0497. The van der Waals surface area contributed by atoms with Crippen molar-refractivity contribution in [3.05, 3.63) is 29.8 Å². The molecule has 0 saturated carbocycles. The molecule has 444 valence electrons. The molecule has 3 saturated heterocycles. The molecule has 78 heavy (non-hydrogen) atoms. The van der Waals surface area contributed by atoms with Crippen molar-refractivity contribution in [2.75, 3.05) is 32.7 Å². The highest BCUT2D eigenvalue weighted by atomic mass is 16.3. The molecule has 0 radical (unpaired) electrons. The molecule has 3 fully saturated rings. The number of amides is 7. The molecule has 0 aliphatic carbocycles. The number of aliphatic hydroxyl groups excluding tert-OH is 7. The van der Waals surface area contributed by atoms with E-state index in [1.54, 1.807) is 0 Å². The molecule has 16 atom stereocenters. The summed E-state index contributed by atoms with van der Waals surface area (Å²) in [6.45, 7) is 6.73. The average Bonchev–Trinajstić information content (AvgIpc) is 3.99. The first-order valence-electron chi connectivity index (χ1n) is 27.3. The number of aromatic hydroxyl groups is 1. The monoisotopic (exact) mass is 1110 g/mol. The van der Waals surface area contributed by atoms with Crippen LogP contribution in [0.25, 0.3) is 0 Å². The van der Waals surface area contributed by atoms with E-state index in [-0.39, 0.29) is 64.2 Å². The van der Waals surface area contributed by atoms with Gasteiger partial charge in [-0.2, -0.15) is 0 Å². The first-order chi connectivity index (χ1) is 36.5. The van der Waals surface area contributed by atoms with Crippen molar-refractivity contribution in [3.63, 3.8) is 0 Å². The summed E-state index contributed by atoms with van der Waals surface area (Å²) in [7, 11) is 0. The molecular weight excluding hydrogens is 1020 g/mol. The zero-order valence-electron chi connectivity index (χ0n) is 45.0. The molecule has 0 spiro atoms. The van der Waals surface area contributed by atoms with Gasteiger partial charge in [0.15, 0.2) is 0 Å². The smallest absolute Gasteiger partial charge is 0.248 e. The predicted octanol–water partition coefficient (Wildman–Crippen LogP) is -2.68. The van der Waals surface area contributed by atoms with Crippen molar-refractivity contribution >= 4 is 41.4 Å². The molecule has 3 heterocycles. The number of rotatable bonds is 23. The van der Waals surface area contributed by atoms with E-state index >= 15 is 0 Å². The fourth-order valence-electron chi connectivity index (χ4n) is 10.2. The zero-order chi connectivity index (χ0) is 57.1. The minimum Gasteiger partial charge on any atom is -0.508 e. The van der Waals surface area contributed by atoms with Crippen LogP contribution in [0.5, 0.6) is 5.75 Å². The lowest BCUT2D eigenvalue weighted by molar-refractivity contribution is -0.148. The van der Waals surface area contributed by atoms with Gasteiger partial charge in [0.05, 0.1) is 30.5 Å². The summed E-state index contributed by atoms with van der Waals surface area (Å²) in [5.41, 5.74) is 11.5. The first-order valence-corrected chi connectivity index (χ1v) is 27.3. The SMILES string of the molecule is C.CCC(C)CC(C)CCCCCCCCC(=O)N[C@H]1C[C@@H](O)[C@@H](NCCN)NC(=O)[C@@H]2[C@@H](O)CCN2C(=O)[C@H]([C@H](O)CCN)NC(=O)[C@H]([C@H](O)[C@@H](O)c2ccc(O)cc2)NC(=O)[C@@H]2C[C@@H](O)CN2C(=O)[C@H]([C@@H](C)O)NC1=O. The summed E-state index contributed by atoms with van der Waals surface area (Å²) in [5.74, 6) is -6.43. The van der Waals surface area contributed by atoms with Gasteiger partial charge in [0.25, 0.3) is 0 Å². The number of aliphatic hydroxyl groups is 7. The van der Waals surface area contributed by atoms with Crippen molar-refractivity contribution in [1.82, 2.24) is 41.7 Å². The molecule has 1 aromatic rings. The van der Waals surface area contributed by atoms with Crippen LogP contribution in [0.1, 0.15) is 137 Å². The van der Waals surface area contributed by atoms with Crippen LogP contribution in [0, 0.1) is 11.8 Å². The van der Waals surface area contributed by atoms with Crippen LogP contribution in [-0.2, 0) is 33.6 Å². The lowest BCUT2D eigenvalue weighted by atomic mass is 9.91. The lowest BCUT2D eigenvalue weighted by Gasteiger charge is -2.35. The van der Waals surface area contributed by atoms with Crippen LogP contribution < -0.4 is 43.4 Å². The zero-order valence-corrected chi connectivity index (χ0v) is 45.0. The number of nitrogens with zero attached hydrogens (tertiary/aromatic N) is 2. The molecule has 3 aliphatic heterocycles. The van der Waals surface area contributed by atoms with Gasteiger partial charge in [0.2, 0.25) is 41.4 Å². The highest BCUT2D eigenvalue weighted by Gasteiger charge is 2.49. The number of nitrogens with one attached hydrogen (secondary N) is 6. The Balaban J connectivity index is 0.0000160. The summed E-state index contributed by atoms with van der Waals surface area (Å²) in [6.07, 6.45) is -6.95. The number of hydrogen-bond acceptors (Lipinski definition) is 18. The van der Waals surface area contributed by atoms with Crippen molar-refractivity contribution < 1.29 is 74.4 Å². The van der Waals surface area contributed by atoms with Gasteiger partial charge in [-0.15, -0.1) is 0 Å². The van der Waals surface area contributed by atoms with Crippen LogP contribution in [-0.4, -0.2) is 204 Å². The Labute approximate surface area is 458 Å². The Kier molecular flexibility index (Phi) is 28.3. The fraction of sp³-hybridized carbons (Fsp3) is 0.755. The second kappa shape index (κ2) is 32.9. The Morgan fingerprint density at radius 2 is 1.33 bits per heavy atom. The van der Waals surface area contributed by atoms with Crippen molar-refractivity contribution in [2.24, 2.45) is 23.3 Å². The van der Waals surface area contributed by atoms with Gasteiger partial charge in [-0.05, 0) is 68.7 Å². The van der Waals surface area contributed by atoms with Gasteiger partial charge in [-0.3, -0.25) is 38.9 Å². The highest BCUT2D eigenvalue weighted by Crippen LogP contribution is 2.27. The predicted molar refractivity (Wildman–Crippen MR) is 287 cm³/mol. The molecule has 25 nitrogen and oxygen atoms in total. The molecule has 18 N–H and O–H groups in total. The maximum absolute atomic E-state index is 14.6. The number of phenols is 1. The summed E-state index contributed by atoms with van der Waals surface area (Å²) >= 11 is 0. The standard InChI is InChI=1S/C52H88N10O15.CH4/c1-5-28(2)24-29(3)12-10-8-6-7-9-11-13-39(69)56-34-26-38(68)46(55-22-21-54)60-50(75)43-37(67)19-23-61(43)52(77)41(36(66)18-20-53)58-49(74)42(45(71)44(70)31-14-16-32(64)17-15-31)59-48(73)35-25-33(65)27-62(35)51(76)40(30(4)63)57-47(34)72;/h14-17,28-30,33-38,40-46,55,63-68,70-71H,5-13,18-27,53-54H2,1-4H3,(H,56,69)(H,57,72)(H,58,74)(H,59,73)(H,60,75);1H4/t28?,29?,30-,33-,34+,35+,36-,37+,38-,40+,41+,42+,43+,44+,45+,46+;/m1./s1. The van der Waals surface area contributed by atoms with Crippen molar-refractivity contribution in [3.8, 4) is 5.75 Å². The molecule has 4 rings (SSSR count). The summed E-state index contributed by atoms with van der Waals surface area (Å²) in [5, 5.41) is 104. The van der Waals surface area contributed by atoms with E-state index in [0.717, 1.165) is 55.2 Å². The summed E-state index contributed by atoms with van der Waals surface area (Å²) < 4.78 is 0. The van der Waals surface area contributed by atoms with E-state index in [1.165, 1.54) is 30.7 Å². The Hall–Kier alpha value is -5.09. The number of phenolic OH excluding ortho intramolecular Hbond substituents is 1. The third-order valence-corrected chi connectivity index (χ3v) is 14.9. The molecule has 2 unspecified atom stereocenters. The second-order valence-corrected chi connectivity index (χ2v) is 21.3. The number of unbranched alkanes of at least 4 members (excludes halogenated alkanes) is 5. The number of nitrogens with two attached hydrogens (primary N) is 2. The van der Waals surface area contributed by atoms with Crippen molar-refractivity contribution in [2.45, 2.75) is 210 Å². The second-order valence-electron chi connectivity index (χ2n) is 21.3. The number of benzene rings is 1. The van der Waals surface area contributed by atoms with Crippen LogP contribution in [0.15, 0.2) is 24.3 Å². The first kappa shape index (κ1) is 67.2. The van der Waals surface area contributed by atoms with E-state index in [4.69, 9.17) is 11.5 Å². The average molecular weight is 1110 g/mol. The van der Waals surface area contributed by atoms with Gasteiger partial charge in [0, 0.05) is 45.4 Å². The minimum absolute atomic E-state index is 0. The molecule has 3 aliphatic rings. The molecular formula is C53H92N10O15. The number of hydrogen-bond donors (Lipinski definition) is 16. The minimum atomic E-state index is -2.28. The number of fused-ring (bicyclic) bond motifs is 2. The fourth-order valence-corrected chi connectivity index (χ4v) is 10.2. The summed E-state index contributed by atoms with van der Waals surface area (Å²) in [6, 6.07) is -6.40. The van der Waals surface area contributed by atoms with Crippen LogP contribution in [0.4, 0.5) is 0 Å². The molecule has 0 bridgehead atoms. The number of carbonyl (C=O) groups excluding carboxylic acids is 7. The topological polar surface area (TPSA) is 412 Å². The molecule has 1 aromatic carbocycles. The Bertz CT molecular complexity index is 2070. The Morgan fingerprint density at radius 1 is 0.718 bits per heavy atom. The number of carbonyl (C=O) groups is 7. The normalized spacial score (nSPS) is 28.3. The third kappa shape index (κ3) is 19.3. The molecule has 7 amide bonds. The van der Waals surface area contributed by atoms with E-state index in [2.05, 4.69) is 52.7 Å². The molecule has 0 aromatic heterocycles. The van der Waals surface area contributed by atoms with Gasteiger partial charge in [0.1, 0.15) is 60.4 Å². The van der Waals surface area contributed by atoms with E-state index in [0.29, 0.717) is 24.7 Å². The summed E-state index contributed by atoms with van der Waals surface area (Å²) in [4.78, 5) is 102. The maximum Gasteiger partial charge on any atom is 0.248 e. The molecule has 25 heteroatoms. The largest absolute Gasteiger partial charge is 0.508 e. The van der Waals surface area contributed by atoms with Gasteiger partial charge in [-0.1, -0.05) is 85.3 Å². The maximum atomic E-state index is 14.6. The van der Waals surface area contributed by atoms with Crippen LogP contribution in [0.3, 0.4) is 0 Å². The van der Waals surface area contributed by atoms with E-state index in [1.807, 2.05) is 0 Å². The van der Waals surface area contributed by atoms with Gasteiger partial charge >= 0.3 is 0 Å². The van der Waals surface area contributed by atoms with E-state index < -0.39 is 146 Å². The van der Waals surface area contributed by atoms with Crippen LogP contribution in [0.2, 0.25) is 0 Å². The Morgan fingerprint density at radius 3 is 1.96 bits per heavy atom. The lowest BCUT2D eigenvalue weighted by Crippen LogP contribution is -2.65. The highest BCUT2D eigenvalue weighted by molar-refractivity contribution is 5.98. The van der Waals surface area contributed by atoms with E-state index in [9.17, 15) is 74.4 Å². The third-order valence-electron chi connectivity index (χ3n) is 14.9. The van der Waals surface area contributed by atoms with Gasteiger partial charge < -0.3 is 88.7 Å². The van der Waals surface area contributed by atoms with Crippen molar-refractivity contribution in [1.29, 1.82) is 0 Å².